The van der Waals surface area contributed by atoms with Crippen LogP contribution in [0.3, 0.4) is 0 Å². The minimum Gasteiger partial charge on any atom is -0.388 e. The molecular formula is C35H36FN5. The maximum absolute atomic E-state index is 14.5. The van der Waals surface area contributed by atoms with Crippen molar-refractivity contribution < 1.29 is 4.39 Å². The van der Waals surface area contributed by atoms with Crippen LogP contribution < -0.4 is 16.0 Å². The molecule has 3 N–H and O–H groups in total. The number of hydrogen-bond acceptors (Lipinski definition) is 5. The Morgan fingerprint density at radius 3 is 2.34 bits per heavy atom. The van der Waals surface area contributed by atoms with E-state index in [1.54, 1.807) is 24.5 Å². The summed E-state index contributed by atoms with van der Waals surface area (Å²) in [5, 5.41) is 10.1. The Balaban J connectivity index is 1.38. The van der Waals surface area contributed by atoms with Gasteiger partial charge in [0.05, 0.1) is 23.8 Å². The van der Waals surface area contributed by atoms with Crippen LogP contribution in [0, 0.1) is 18.7 Å². The van der Waals surface area contributed by atoms with Crippen LogP contribution in [0.25, 0.3) is 27.8 Å². The summed E-state index contributed by atoms with van der Waals surface area (Å²) in [5.74, 6) is 0.234. The molecule has 0 amide bonds. The van der Waals surface area contributed by atoms with Gasteiger partial charge in [0.15, 0.2) is 0 Å². The number of nitrogens with one attached hydrogen (secondary N) is 3. The molecule has 1 saturated carbocycles. The van der Waals surface area contributed by atoms with Crippen molar-refractivity contribution in [3.8, 4) is 22.3 Å². The van der Waals surface area contributed by atoms with Gasteiger partial charge in [0.2, 0.25) is 0 Å². The van der Waals surface area contributed by atoms with Crippen molar-refractivity contribution in [2.75, 3.05) is 23.0 Å². The number of benzene rings is 2. The van der Waals surface area contributed by atoms with E-state index in [1.165, 1.54) is 31.7 Å². The van der Waals surface area contributed by atoms with E-state index in [9.17, 15) is 4.39 Å². The van der Waals surface area contributed by atoms with Crippen molar-refractivity contribution in [2.45, 2.75) is 32.6 Å². The number of rotatable bonds is 10. The lowest BCUT2D eigenvalue weighted by Crippen LogP contribution is -2.07. The summed E-state index contributed by atoms with van der Waals surface area (Å²) in [5.41, 5.74) is 10.0. The molecule has 0 saturated heterocycles. The fraction of sp³-hybridized carbons (Fsp3) is 0.200. The van der Waals surface area contributed by atoms with Gasteiger partial charge in [-0.05, 0) is 66.6 Å². The molecule has 0 radical (unpaired) electrons. The van der Waals surface area contributed by atoms with E-state index in [0.717, 1.165) is 56.1 Å². The molecule has 0 bridgehead atoms. The summed E-state index contributed by atoms with van der Waals surface area (Å²) in [4.78, 5) is 8.85. The third-order valence-corrected chi connectivity index (χ3v) is 7.87. The Kier molecular flexibility index (Phi) is 8.29. The highest BCUT2D eigenvalue weighted by Gasteiger charge is 2.19. The third kappa shape index (κ3) is 6.07. The average Bonchev–Trinajstić information content (AvgIpc) is 3.54. The summed E-state index contributed by atoms with van der Waals surface area (Å²) in [6, 6.07) is 15.0. The molecule has 0 unspecified atom stereocenters. The molecule has 4 aromatic rings. The predicted molar refractivity (Wildman–Crippen MR) is 170 cm³/mol. The molecule has 1 fully saturated rings. The smallest absolute Gasteiger partial charge is 0.131 e. The largest absolute Gasteiger partial charge is 0.388 e. The summed E-state index contributed by atoms with van der Waals surface area (Å²) < 4.78 is 14.5. The van der Waals surface area contributed by atoms with E-state index in [2.05, 4.69) is 63.9 Å². The monoisotopic (exact) mass is 545 g/mol. The Labute approximate surface area is 242 Å². The number of hydrogen-bond donors (Lipinski definition) is 3. The fourth-order valence-electron chi connectivity index (χ4n) is 5.42. The minimum absolute atomic E-state index is 0.287. The lowest BCUT2D eigenvalue weighted by atomic mass is 9.96. The van der Waals surface area contributed by atoms with Crippen molar-refractivity contribution in [2.24, 2.45) is 5.92 Å². The molecule has 5 nitrogen and oxygen atoms in total. The third-order valence-electron chi connectivity index (χ3n) is 7.87. The van der Waals surface area contributed by atoms with Crippen LogP contribution in [0.15, 0.2) is 104 Å². The first-order valence-corrected chi connectivity index (χ1v) is 13.9. The standard InChI is InChI=1S/C35H36FN5/c1-22(24(3)41-35-21-39-20-32(23(35)2)30-12-8-9-13-33(30)36)31-17-27(14-15-34(31)37-5)28-16-29(19-38-18-28)40-25(4)26-10-6-7-11-26/h8-9,12-21,26,37,40-41H,1,3-4,6-7,10-11H2,2,5H3. The van der Waals surface area contributed by atoms with E-state index < -0.39 is 0 Å². The Morgan fingerprint density at radius 2 is 1.59 bits per heavy atom. The number of nitrogens with zero attached hydrogens (tertiary/aromatic N) is 2. The van der Waals surface area contributed by atoms with Crippen LogP contribution in [0.4, 0.5) is 21.5 Å². The molecule has 2 aromatic heterocycles. The summed E-state index contributed by atoms with van der Waals surface area (Å²) in [6.07, 6.45) is 12.0. The SMILES string of the molecule is C=C(Nc1cncc(-c2ccccc2F)c1C)C(=C)c1cc(-c2cncc(NC(=C)C3CCCC3)c2)ccc1NC. The molecule has 0 atom stereocenters. The first kappa shape index (κ1) is 27.8. The lowest BCUT2D eigenvalue weighted by Gasteiger charge is -2.19. The van der Waals surface area contributed by atoms with Gasteiger partial charge in [-0.3, -0.25) is 9.97 Å². The van der Waals surface area contributed by atoms with Crippen LogP contribution in [0.2, 0.25) is 0 Å². The van der Waals surface area contributed by atoms with Crippen molar-refractivity contribution in [1.82, 2.24) is 9.97 Å². The van der Waals surface area contributed by atoms with Gasteiger partial charge < -0.3 is 16.0 Å². The zero-order chi connectivity index (χ0) is 28.9. The van der Waals surface area contributed by atoms with Gasteiger partial charge in [0, 0.05) is 58.8 Å². The van der Waals surface area contributed by atoms with Crippen molar-refractivity contribution in [3.05, 3.63) is 121 Å². The highest BCUT2D eigenvalue weighted by atomic mass is 19.1. The van der Waals surface area contributed by atoms with E-state index in [1.807, 2.05) is 38.5 Å². The molecule has 1 aliphatic carbocycles. The van der Waals surface area contributed by atoms with Gasteiger partial charge in [0.1, 0.15) is 5.82 Å². The molecule has 2 heterocycles. The molecular weight excluding hydrogens is 509 g/mol. The first-order valence-electron chi connectivity index (χ1n) is 13.9. The Morgan fingerprint density at radius 1 is 0.829 bits per heavy atom. The van der Waals surface area contributed by atoms with Crippen molar-refractivity contribution in [1.29, 1.82) is 0 Å². The van der Waals surface area contributed by atoms with E-state index >= 15 is 0 Å². The molecule has 5 rings (SSSR count). The second-order valence-corrected chi connectivity index (χ2v) is 10.5. The molecule has 1 aliphatic rings. The van der Waals surface area contributed by atoms with E-state index in [4.69, 9.17) is 0 Å². The van der Waals surface area contributed by atoms with Crippen LogP contribution in [-0.2, 0) is 0 Å². The summed E-state index contributed by atoms with van der Waals surface area (Å²) >= 11 is 0. The van der Waals surface area contributed by atoms with Gasteiger partial charge in [-0.2, -0.15) is 0 Å². The number of pyridine rings is 2. The zero-order valence-corrected chi connectivity index (χ0v) is 23.7. The van der Waals surface area contributed by atoms with E-state index in [0.29, 0.717) is 17.2 Å². The number of allylic oxidation sites excluding steroid dienone is 2. The molecule has 0 spiro atoms. The van der Waals surface area contributed by atoms with Gasteiger partial charge >= 0.3 is 0 Å². The van der Waals surface area contributed by atoms with Crippen molar-refractivity contribution >= 4 is 22.6 Å². The second kappa shape index (κ2) is 12.2. The van der Waals surface area contributed by atoms with Gasteiger partial charge in [-0.15, -0.1) is 0 Å². The predicted octanol–water partition coefficient (Wildman–Crippen LogP) is 9.05. The minimum atomic E-state index is -0.287. The lowest BCUT2D eigenvalue weighted by molar-refractivity contribution is 0.631. The normalized spacial score (nSPS) is 13.0. The van der Waals surface area contributed by atoms with E-state index in [-0.39, 0.29) is 5.82 Å². The summed E-state index contributed by atoms with van der Waals surface area (Å²) in [6.45, 7) is 14.9. The van der Waals surface area contributed by atoms with Crippen molar-refractivity contribution in [3.63, 3.8) is 0 Å². The highest BCUT2D eigenvalue weighted by molar-refractivity contribution is 5.89. The first-order chi connectivity index (χ1) is 19.9. The van der Waals surface area contributed by atoms with Gasteiger partial charge in [0.25, 0.3) is 0 Å². The molecule has 41 heavy (non-hydrogen) atoms. The second-order valence-electron chi connectivity index (χ2n) is 10.5. The zero-order valence-electron chi connectivity index (χ0n) is 23.7. The average molecular weight is 546 g/mol. The quantitative estimate of drug-likeness (QED) is 0.174. The van der Waals surface area contributed by atoms with Crippen LogP contribution in [0.1, 0.15) is 36.8 Å². The highest BCUT2D eigenvalue weighted by Crippen LogP contribution is 2.36. The number of aromatic nitrogens is 2. The Bertz CT molecular complexity index is 1620. The Hall–Kier alpha value is -4.71. The number of anilines is 3. The van der Waals surface area contributed by atoms with Crippen LogP contribution in [0.5, 0.6) is 0 Å². The fourth-order valence-corrected chi connectivity index (χ4v) is 5.42. The van der Waals surface area contributed by atoms with Crippen LogP contribution in [-0.4, -0.2) is 17.0 Å². The molecule has 6 heteroatoms. The van der Waals surface area contributed by atoms with Gasteiger partial charge in [-0.1, -0.05) is 56.8 Å². The molecule has 2 aromatic carbocycles. The maximum Gasteiger partial charge on any atom is 0.131 e. The van der Waals surface area contributed by atoms with Crippen LogP contribution >= 0.6 is 0 Å². The number of halogens is 1. The van der Waals surface area contributed by atoms with Gasteiger partial charge in [-0.25, -0.2) is 4.39 Å². The molecule has 0 aliphatic heterocycles. The maximum atomic E-state index is 14.5. The molecule has 208 valence electrons. The topological polar surface area (TPSA) is 61.9 Å². The summed E-state index contributed by atoms with van der Waals surface area (Å²) in [7, 11) is 1.88.